The van der Waals surface area contributed by atoms with Gasteiger partial charge in [-0.3, -0.25) is 19.5 Å². The maximum Gasteiger partial charge on any atom is 0.278 e. The molecule has 0 saturated carbocycles. The summed E-state index contributed by atoms with van der Waals surface area (Å²) < 4.78 is 5.47. The molecule has 0 atom stereocenters. The van der Waals surface area contributed by atoms with Gasteiger partial charge in [0.25, 0.3) is 11.8 Å². The molecule has 0 saturated heterocycles. The van der Waals surface area contributed by atoms with Crippen LogP contribution in [-0.4, -0.2) is 28.8 Å². The number of aryl methyl sites for hydroxylation is 3. The second kappa shape index (κ2) is 8.67. The van der Waals surface area contributed by atoms with E-state index in [1.54, 1.807) is 25.4 Å². The molecule has 6 heteroatoms. The molecule has 32 heavy (non-hydrogen) atoms. The summed E-state index contributed by atoms with van der Waals surface area (Å²) in [5, 5.41) is 3.21. The van der Waals surface area contributed by atoms with Gasteiger partial charge in [-0.15, -0.1) is 0 Å². The molecule has 1 aliphatic rings. The van der Waals surface area contributed by atoms with Crippen LogP contribution in [0.3, 0.4) is 0 Å². The van der Waals surface area contributed by atoms with Crippen molar-refractivity contribution in [3.8, 4) is 5.75 Å². The van der Waals surface area contributed by atoms with E-state index < -0.39 is 0 Å². The number of nitrogens with one attached hydrogen (secondary N) is 1. The van der Waals surface area contributed by atoms with Crippen LogP contribution in [0.25, 0.3) is 5.57 Å². The van der Waals surface area contributed by atoms with Crippen LogP contribution in [-0.2, 0) is 16.1 Å². The molecule has 0 aliphatic carbocycles. The Balaban J connectivity index is 1.82. The van der Waals surface area contributed by atoms with Crippen molar-refractivity contribution in [1.29, 1.82) is 0 Å². The van der Waals surface area contributed by atoms with Crippen molar-refractivity contribution in [3.05, 3.63) is 94.4 Å². The van der Waals surface area contributed by atoms with E-state index in [2.05, 4.69) is 10.3 Å². The Kier molecular flexibility index (Phi) is 5.77. The third kappa shape index (κ3) is 3.99. The number of rotatable bonds is 6. The molecule has 0 spiro atoms. The van der Waals surface area contributed by atoms with Gasteiger partial charge in [0.15, 0.2) is 0 Å². The highest BCUT2D eigenvalue weighted by molar-refractivity contribution is 6.36. The fourth-order valence-electron chi connectivity index (χ4n) is 3.89. The number of benzene rings is 2. The third-order valence-corrected chi connectivity index (χ3v) is 5.48. The normalized spacial score (nSPS) is 13.7. The molecule has 0 radical (unpaired) electrons. The first-order chi connectivity index (χ1) is 15.4. The zero-order valence-corrected chi connectivity index (χ0v) is 18.6. The van der Waals surface area contributed by atoms with Gasteiger partial charge in [0.05, 0.1) is 30.6 Å². The molecule has 2 heterocycles. The molecule has 1 N–H and O–H groups in total. The van der Waals surface area contributed by atoms with Gasteiger partial charge in [0.2, 0.25) is 0 Å². The number of anilines is 1. The first-order valence-electron chi connectivity index (χ1n) is 10.4. The van der Waals surface area contributed by atoms with Gasteiger partial charge in [-0.2, -0.15) is 0 Å². The lowest BCUT2D eigenvalue weighted by Gasteiger charge is -2.15. The first kappa shape index (κ1) is 21.3. The zero-order chi connectivity index (χ0) is 22.8. The van der Waals surface area contributed by atoms with E-state index in [9.17, 15) is 9.59 Å². The molecule has 2 amide bonds. The van der Waals surface area contributed by atoms with E-state index in [4.69, 9.17) is 4.74 Å². The Morgan fingerprint density at radius 3 is 2.38 bits per heavy atom. The maximum atomic E-state index is 13.5. The second-order valence-electron chi connectivity index (χ2n) is 7.91. The standard InChI is InChI=1S/C26H25N3O3/c1-16-8-10-20(18(3)13-16)23-24(28-21-14-17(2)9-11-22(21)32-4)26(31)29(25(23)30)15-19-7-5-6-12-27-19/h5-14,28H,15H2,1-4H3. The number of imide groups is 1. The molecule has 0 unspecified atom stereocenters. The number of carbonyl (C=O) groups excluding carboxylic acids is 2. The summed E-state index contributed by atoms with van der Waals surface area (Å²) in [4.78, 5) is 32.5. The predicted octanol–water partition coefficient (Wildman–Crippen LogP) is 4.41. The second-order valence-corrected chi connectivity index (χ2v) is 7.91. The minimum Gasteiger partial charge on any atom is -0.495 e. The van der Waals surface area contributed by atoms with Crippen molar-refractivity contribution < 1.29 is 14.3 Å². The third-order valence-electron chi connectivity index (χ3n) is 5.48. The molecule has 0 fully saturated rings. The van der Waals surface area contributed by atoms with Crippen LogP contribution >= 0.6 is 0 Å². The number of aromatic nitrogens is 1. The minimum absolute atomic E-state index is 0.100. The summed E-state index contributed by atoms with van der Waals surface area (Å²) in [7, 11) is 1.57. The molecular formula is C26H25N3O3. The summed E-state index contributed by atoms with van der Waals surface area (Å²) in [5.41, 5.74) is 5.61. The fraction of sp³-hybridized carbons (Fsp3) is 0.192. The van der Waals surface area contributed by atoms with Crippen molar-refractivity contribution in [2.75, 3.05) is 12.4 Å². The zero-order valence-electron chi connectivity index (χ0n) is 18.6. The number of methoxy groups -OCH3 is 1. The van der Waals surface area contributed by atoms with E-state index in [-0.39, 0.29) is 24.1 Å². The number of hydrogen-bond acceptors (Lipinski definition) is 5. The van der Waals surface area contributed by atoms with Crippen molar-refractivity contribution in [3.63, 3.8) is 0 Å². The van der Waals surface area contributed by atoms with Crippen LogP contribution in [0.5, 0.6) is 5.75 Å². The summed E-state index contributed by atoms with van der Waals surface area (Å²) in [5.74, 6) is -0.146. The molecule has 6 nitrogen and oxygen atoms in total. The average molecular weight is 428 g/mol. The number of pyridine rings is 1. The van der Waals surface area contributed by atoms with E-state index in [1.165, 1.54) is 4.90 Å². The highest BCUT2D eigenvalue weighted by Crippen LogP contribution is 2.35. The highest BCUT2D eigenvalue weighted by atomic mass is 16.5. The van der Waals surface area contributed by atoms with Crippen molar-refractivity contribution in [2.24, 2.45) is 0 Å². The van der Waals surface area contributed by atoms with Crippen molar-refractivity contribution in [2.45, 2.75) is 27.3 Å². The van der Waals surface area contributed by atoms with Crippen LogP contribution in [0.1, 0.15) is 27.9 Å². The number of carbonyl (C=O) groups is 2. The molecule has 3 aromatic rings. The summed E-state index contributed by atoms with van der Waals surface area (Å²) in [6.07, 6.45) is 1.65. The van der Waals surface area contributed by atoms with E-state index in [0.29, 0.717) is 22.7 Å². The van der Waals surface area contributed by atoms with E-state index >= 15 is 0 Å². The monoisotopic (exact) mass is 427 g/mol. The van der Waals surface area contributed by atoms with E-state index in [0.717, 1.165) is 22.3 Å². The van der Waals surface area contributed by atoms with Crippen LogP contribution in [0, 0.1) is 20.8 Å². The Morgan fingerprint density at radius 1 is 0.938 bits per heavy atom. The lowest BCUT2D eigenvalue weighted by molar-refractivity contribution is -0.137. The maximum absolute atomic E-state index is 13.5. The van der Waals surface area contributed by atoms with Crippen LogP contribution in [0.4, 0.5) is 5.69 Å². The van der Waals surface area contributed by atoms with Crippen molar-refractivity contribution >= 4 is 23.1 Å². The first-order valence-corrected chi connectivity index (χ1v) is 10.4. The predicted molar refractivity (Wildman–Crippen MR) is 124 cm³/mol. The Labute approximate surface area is 187 Å². The lowest BCUT2D eigenvalue weighted by atomic mass is 9.97. The largest absolute Gasteiger partial charge is 0.495 e. The van der Waals surface area contributed by atoms with E-state index in [1.807, 2.05) is 63.2 Å². The number of amides is 2. The Bertz CT molecular complexity index is 1230. The molecule has 1 aliphatic heterocycles. The lowest BCUT2D eigenvalue weighted by Crippen LogP contribution is -2.32. The summed E-state index contributed by atoms with van der Waals surface area (Å²) in [6.45, 7) is 6.00. The molecule has 0 bridgehead atoms. The topological polar surface area (TPSA) is 71.5 Å². The highest BCUT2D eigenvalue weighted by Gasteiger charge is 2.40. The average Bonchev–Trinajstić information content (AvgIpc) is 2.99. The van der Waals surface area contributed by atoms with Crippen LogP contribution < -0.4 is 10.1 Å². The molecule has 4 rings (SSSR count). The quantitative estimate of drug-likeness (QED) is 0.590. The molecule has 1 aromatic heterocycles. The Morgan fingerprint density at radius 2 is 1.69 bits per heavy atom. The van der Waals surface area contributed by atoms with Crippen LogP contribution in [0.15, 0.2) is 66.5 Å². The van der Waals surface area contributed by atoms with Gasteiger partial charge < -0.3 is 10.1 Å². The molecule has 162 valence electrons. The van der Waals surface area contributed by atoms with Gasteiger partial charge in [-0.1, -0.05) is 35.9 Å². The molecular weight excluding hydrogens is 402 g/mol. The van der Waals surface area contributed by atoms with Gasteiger partial charge in [-0.05, 0) is 61.7 Å². The summed E-state index contributed by atoms with van der Waals surface area (Å²) >= 11 is 0. The molecule has 2 aromatic carbocycles. The minimum atomic E-state index is -0.390. The van der Waals surface area contributed by atoms with Gasteiger partial charge in [0.1, 0.15) is 11.4 Å². The number of nitrogens with zero attached hydrogens (tertiary/aromatic N) is 2. The number of ether oxygens (including phenoxy) is 1. The summed E-state index contributed by atoms with van der Waals surface area (Å²) in [6, 6.07) is 16.9. The number of hydrogen-bond donors (Lipinski definition) is 1. The van der Waals surface area contributed by atoms with Crippen molar-refractivity contribution in [1.82, 2.24) is 9.88 Å². The van der Waals surface area contributed by atoms with Gasteiger partial charge in [0, 0.05) is 6.20 Å². The van der Waals surface area contributed by atoms with Crippen LogP contribution in [0.2, 0.25) is 0 Å². The fourth-order valence-corrected chi connectivity index (χ4v) is 3.89. The SMILES string of the molecule is COc1ccc(C)cc1NC1=C(c2ccc(C)cc2C)C(=O)N(Cc2ccccn2)C1=O. The van der Waals surface area contributed by atoms with Gasteiger partial charge in [-0.25, -0.2) is 0 Å². The smallest absolute Gasteiger partial charge is 0.278 e. The Hall–Kier alpha value is -3.93. The van der Waals surface area contributed by atoms with Gasteiger partial charge >= 0.3 is 0 Å².